The van der Waals surface area contributed by atoms with Crippen LogP contribution in [0.3, 0.4) is 0 Å². The van der Waals surface area contributed by atoms with Gasteiger partial charge < -0.3 is 29.9 Å². The van der Waals surface area contributed by atoms with Crippen LogP contribution in [0.15, 0.2) is 35.7 Å². The standard InChI is InChI=1S/C20H22O6S2/c1-25-14-3-2-10(19-18(24)17(23)16(22)15(9-21)26-19)6-12(14)8-13-7-11-4-5-27-20(11)28-13/h2-7,15-19,21-24H,8-9H2,1H3/t15-,16-,17+,18-,19+/m1/s1. The lowest BCUT2D eigenvalue weighted by molar-refractivity contribution is -0.231. The van der Waals surface area contributed by atoms with E-state index in [2.05, 4.69) is 17.5 Å². The van der Waals surface area contributed by atoms with Crippen molar-refractivity contribution in [2.45, 2.75) is 36.9 Å². The van der Waals surface area contributed by atoms with Gasteiger partial charge in [-0.15, -0.1) is 22.7 Å². The summed E-state index contributed by atoms with van der Waals surface area (Å²) in [7, 11) is 1.61. The number of methoxy groups -OCH3 is 1. The predicted octanol–water partition coefficient (Wildman–Crippen LogP) is 2.08. The van der Waals surface area contributed by atoms with Crippen LogP contribution in [0.1, 0.15) is 22.1 Å². The third kappa shape index (κ3) is 3.57. The van der Waals surface area contributed by atoms with Crippen LogP contribution in [0, 0.1) is 0 Å². The van der Waals surface area contributed by atoms with Gasteiger partial charge in [0.15, 0.2) is 0 Å². The van der Waals surface area contributed by atoms with Crippen LogP contribution >= 0.6 is 22.7 Å². The number of rotatable bonds is 5. The number of fused-ring (bicyclic) bond motifs is 1. The molecular weight excluding hydrogens is 400 g/mol. The van der Waals surface area contributed by atoms with Crippen molar-refractivity contribution in [2.24, 2.45) is 0 Å². The third-order valence-electron chi connectivity index (χ3n) is 5.09. The minimum atomic E-state index is -1.40. The number of aliphatic hydroxyl groups excluding tert-OH is 4. The zero-order chi connectivity index (χ0) is 19.8. The van der Waals surface area contributed by atoms with Crippen LogP contribution < -0.4 is 4.74 Å². The molecule has 150 valence electrons. The quantitative estimate of drug-likeness (QED) is 0.503. The molecule has 1 saturated heterocycles. The molecule has 28 heavy (non-hydrogen) atoms. The van der Waals surface area contributed by atoms with Gasteiger partial charge >= 0.3 is 0 Å². The van der Waals surface area contributed by atoms with E-state index >= 15 is 0 Å². The molecule has 1 aromatic carbocycles. The average Bonchev–Trinajstić information content (AvgIpc) is 3.28. The lowest BCUT2D eigenvalue weighted by Crippen LogP contribution is -2.55. The monoisotopic (exact) mass is 422 g/mol. The number of benzene rings is 1. The van der Waals surface area contributed by atoms with Gasteiger partial charge in [-0.1, -0.05) is 6.07 Å². The Morgan fingerprint density at radius 2 is 1.89 bits per heavy atom. The van der Waals surface area contributed by atoms with E-state index in [1.54, 1.807) is 35.8 Å². The van der Waals surface area contributed by atoms with E-state index in [0.717, 1.165) is 11.3 Å². The van der Waals surface area contributed by atoms with E-state index < -0.39 is 37.1 Å². The Morgan fingerprint density at radius 3 is 2.61 bits per heavy atom. The minimum Gasteiger partial charge on any atom is -0.496 e. The van der Waals surface area contributed by atoms with Crippen molar-refractivity contribution in [1.82, 2.24) is 0 Å². The summed E-state index contributed by atoms with van der Waals surface area (Å²) in [5.41, 5.74) is 1.59. The SMILES string of the molecule is COc1ccc([C@@H]2O[C@H](CO)[C@@H](O)[C@H](O)[C@H]2O)cc1Cc1cc2ccsc2s1. The van der Waals surface area contributed by atoms with Gasteiger partial charge in [0.2, 0.25) is 0 Å². The fourth-order valence-electron chi connectivity index (χ4n) is 3.58. The molecule has 5 atom stereocenters. The maximum absolute atomic E-state index is 10.4. The van der Waals surface area contributed by atoms with Crippen molar-refractivity contribution in [3.63, 3.8) is 0 Å². The molecular formula is C20H22O6S2. The van der Waals surface area contributed by atoms with Crippen LogP contribution in [-0.2, 0) is 11.2 Å². The fourth-order valence-corrected chi connectivity index (χ4v) is 5.76. The van der Waals surface area contributed by atoms with Gasteiger partial charge in [-0.05, 0) is 40.8 Å². The van der Waals surface area contributed by atoms with Crippen molar-refractivity contribution >= 4 is 32.1 Å². The Kier molecular flexibility index (Phi) is 5.71. The summed E-state index contributed by atoms with van der Waals surface area (Å²) in [6.07, 6.45) is -5.18. The van der Waals surface area contributed by atoms with Crippen LogP contribution in [0.25, 0.3) is 9.40 Å². The number of ether oxygens (including phenoxy) is 2. The van der Waals surface area contributed by atoms with E-state index in [1.807, 2.05) is 12.1 Å². The van der Waals surface area contributed by atoms with E-state index in [-0.39, 0.29) is 0 Å². The lowest BCUT2D eigenvalue weighted by Gasteiger charge is -2.40. The van der Waals surface area contributed by atoms with Gasteiger partial charge in [0, 0.05) is 16.7 Å². The molecule has 2 aromatic heterocycles. The van der Waals surface area contributed by atoms with Crippen molar-refractivity contribution < 1.29 is 29.9 Å². The van der Waals surface area contributed by atoms with Crippen molar-refractivity contribution in [3.8, 4) is 5.75 Å². The highest BCUT2D eigenvalue weighted by Crippen LogP contribution is 2.37. The summed E-state index contributed by atoms with van der Waals surface area (Å²) < 4.78 is 12.5. The topological polar surface area (TPSA) is 99.4 Å². The molecule has 3 aromatic rings. The molecule has 0 radical (unpaired) electrons. The van der Waals surface area contributed by atoms with E-state index in [9.17, 15) is 20.4 Å². The Labute approximate surface area is 170 Å². The normalized spacial score (nSPS) is 28.0. The first kappa shape index (κ1) is 19.8. The molecule has 0 aliphatic carbocycles. The Bertz CT molecular complexity index is 921. The number of thiophene rings is 2. The Morgan fingerprint density at radius 1 is 1.07 bits per heavy atom. The molecule has 0 bridgehead atoms. The largest absolute Gasteiger partial charge is 0.496 e. The maximum atomic E-state index is 10.4. The molecule has 4 N–H and O–H groups in total. The summed E-state index contributed by atoms with van der Waals surface area (Å²) in [5, 5.41) is 43.2. The van der Waals surface area contributed by atoms with Crippen LogP contribution in [0.4, 0.5) is 0 Å². The van der Waals surface area contributed by atoms with Crippen LogP contribution in [0.2, 0.25) is 0 Å². The van der Waals surface area contributed by atoms with E-state index in [0.29, 0.717) is 12.0 Å². The third-order valence-corrected chi connectivity index (χ3v) is 7.29. The number of hydrogen-bond acceptors (Lipinski definition) is 8. The smallest absolute Gasteiger partial charge is 0.122 e. The van der Waals surface area contributed by atoms with Gasteiger partial charge in [0.1, 0.15) is 36.3 Å². The van der Waals surface area contributed by atoms with Crippen LogP contribution in [0.5, 0.6) is 5.75 Å². The Hall–Kier alpha value is -1.52. The molecule has 0 spiro atoms. The Balaban J connectivity index is 1.64. The van der Waals surface area contributed by atoms with Gasteiger partial charge in [0.05, 0.1) is 17.7 Å². The molecule has 1 aliphatic rings. The van der Waals surface area contributed by atoms with Crippen LogP contribution in [-0.4, -0.2) is 58.6 Å². The van der Waals surface area contributed by atoms with Gasteiger partial charge in [-0.3, -0.25) is 0 Å². The first-order valence-corrected chi connectivity index (χ1v) is 10.6. The molecule has 3 heterocycles. The highest BCUT2D eigenvalue weighted by Gasteiger charge is 2.44. The van der Waals surface area contributed by atoms with E-state index in [1.165, 1.54) is 14.3 Å². The molecule has 8 heteroatoms. The molecule has 1 fully saturated rings. The molecule has 0 saturated carbocycles. The molecule has 0 unspecified atom stereocenters. The lowest BCUT2D eigenvalue weighted by atomic mass is 9.90. The summed E-state index contributed by atoms with van der Waals surface area (Å²) in [4.78, 5) is 1.20. The summed E-state index contributed by atoms with van der Waals surface area (Å²) in [6.45, 7) is -0.448. The highest BCUT2D eigenvalue weighted by atomic mass is 32.2. The fraction of sp³-hybridized carbons (Fsp3) is 0.400. The number of aliphatic hydroxyl groups is 4. The summed E-state index contributed by atoms with van der Waals surface area (Å²) in [5.74, 6) is 0.727. The second-order valence-electron chi connectivity index (χ2n) is 6.87. The predicted molar refractivity (Wildman–Crippen MR) is 108 cm³/mol. The summed E-state index contributed by atoms with van der Waals surface area (Å²) in [6, 6.07) is 9.72. The van der Waals surface area contributed by atoms with Gasteiger partial charge in [0.25, 0.3) is 0 Å². The maximum Gasteiger partial charge on any atom is 0.122 e. The van der Waals surface area contributed by atoms with Crippen molar-refractivity contribution in [3.05, 3.63) is 51.7 Å². The van der Waals surface area contributed by atoms with Crippen molar-refractivity contribution in [2.75, 3.05) is 13.7 Å². The zero-order valence-corrected chi connectivity index (χ0v) is 16.8. The molecule has 1 aliphatic heterocycles. The van der Waals surface area contributed by atoms with Gasteiger partial charge in [-0.25, -0.2) is 0 Å². The average molecular weight is 423 g/mol. The molecule has 0 amide bonds. The first-order valence-electron chi connectivity index (χ1n) is 8.95. The molecule has 6 nitrogen and oxygen atoms in total. The minimum absolute atomic E-state index is 0.448. The summed E-state index contributed by atoms with van der Waals surface area (Å²) >= 11 is 3.46. The second-order valence-corrected chi connectivity index (χ2v) is 9.18. The van der Waals surface area contributed by atoms with Crippen molar-refractivity contribution in [1.29, 1.82) is 0 Å². The first-order chi connectivity index (χ1) is 13.5. The van der Waals surface area contributed by atoms with E-state index in [4.69, 9.17) is 9.47 Å². The number of hydrogen-bond donors (Lipinski definition) is 4. The highest BCUT2D eigenvalue weighted by molar-refractivity contribution is 7.37. The second kappa shape index (κ2) is 8.08. The van der Waals surface area contributed by atoms with Gasteiger partial charge in [-0.2, -0.15) is 0 Å². The molecule has 4 rings (SSSR count). The zero-order valence-electron chi connectivity index (χ0n) is 15.2.